The van der Waals surface area contributed by atoms with Gasteiger partial charge in [-0.15, -0.1) is 24.0 Å². The zero-order chi connectivity index (χ0) is 17.2. The van der Waals surface area contributed by atoms with Crippen LogP contribution in [-0.2, 0) is 9.47 Å². The fourth-order valence-electron chi connectivity index (χ4n) is 3.68. The van der Waals surface area contributed by atoms with E-state index in [-0.39, 0.29) is 53.2 Å². The topological polar surface area (TPSA) is 68.9 Å². The van der Waals surface area contributed by atoms with Crippen molar-refractivity contribution in [2.24, 2.45) is 16.1 Å². The van der Waals surface area contributed by atoms with Crippen molar-refractivity contribution >= 4 is 35.6 Å². The molecule has 5 nitrogen and oxygen atoms in total. The monoisotopic (exact) mass is 467 g/mol. The molecular formula is C17H24F2IN3O2. The van der Waals surface area contributed by atoms with E-state index in [0.717, 1.165) is 37.5 Å². The molecule has 3 N–H and O–H groups in total. The highest BCUT2D eigenvalue weighted by Crippen LogP contribution is 2.52. The van der Waals surface area contributed by atoms with Gasteiger partial charge in [-0.2, -0.15) is 0 Å². The maximum Gasteiger partial charge on any atom is 0.193 e. The van der Waals surface area contributed by atoms with Crippen LogP contribution in [0.4, 0.5) is 14.5 Å². The van der Waals surface area contributed by atoms with Gasteiger partial charge in [0.25, 0.3) is 0 Å². The Morgan fingerprint density at radius 2 is 2.12 bits per heavy atom. The van der Waals surface area contributed by atoms with Gasteiger partial charge in [-0.25, -0.2) is 13.8 Å². The number of guanidine groups is 1. The van der Waals surface area contributed by atoms with Crippen LogP contribution < -0.4 is 11.1 Å². The van der Waals surface area contributed by atoms with E-state index in [1.54, 1.807) is 0 Å². The number of nitrogens with two attached hydrogens (primary N) is 1. The Bertz CT molecular complexity index is 624. The van der Waals surface area contributed by atoms with Crippen molar-refractivity contribution in [2.45, 2.75) is 38.3 Å². The van der Waals surface area contributed by atoms with Gasteiger partial charge in [-0.05, 0) is 38.3 Å². The number of aliphatic imine (C=N–C) groups is 1. The van der Waals surface area contributed by atoms with Gasteiger partial charge >= 0.3 is 0 Å². The molecule has 1 saturated carbocycles. The van der Waals surface area contributed by atoms with Crippen molar-refractivity contribution in [3.05, 3.63) is 29.8 Å². The van der Waals surface area contributed by atoms with Crippen LogP contribution in [0.5, 0.6) is 0 Å². The molecule has 140 valence electrons. The van der Waals surface area contributed by atoms with Crippen LogP contribution in [0.1, 0.15) is 26.2 Å². The Kier molecular flexibility index (Phi) is 6.98. The van der Waals surface area contributed by atoms with E-state index in [0.29, 0.717) is 19.8 Å². The van der Waals surface area contributed by atoms with E-state index in [1.807, 2.05) is 6.92 Å². The van der Waals surface area contributed by atoms with Crippen molar-refractivity contribution in [3.63, 3.8) is 0 Å². The first kappa shape index (κ1) is 20.3. The molecule has 0 amide bonds. The van der Waals surface area contributed by atoms with Crippen LogP contribution in [0.25, 0.3) is 0 Å². The summed E-state index contributed by atoms with van der Waals surface area (Å²) >= 11 is 0. The van der Waals surface area contributed by atoms with E-state index in [2.05, 4.69) is 10.3 Å². The average molecular weight is 467 g/mol. The number of halogens is 3. The minimum Gasteiger partial charge on any atom is -0.381 e. The summed E-state index contributed by atoms with van der Waals surface area (Å²) in [4.78, 5) is 4.52. The van der Waals surface area contributed by atoms with Gasteiger partial charge < -0.3 is 20.5 Å². The lowest BCUT2D eigenvalue weighted by Gasteiger charge is -2.55. The molecule has 1 aromatic rings. The lowest BCUT2D eigenvalue weighted by molar-refractivity contribution is -0.163. The summed E-state index contributed by atoms with van der Waals surface area (Å²) in [5.74, 6) is -1.02. The van der Waals surface area contributed by atoms with Crippen LogP contribution >= 0.6 is 24.0 Å². The van der Waals surface area contributed by atoms with E-state index >= 15 is 0 Å². The molecule has 1 aliphatic carbocycles. The van der Waals surface area contributed by atoms with Gasteiger partial charge in [0.15, 0.2) is 5.96 Å². The molecule has 0 bridgehead atoms. The zero-order valence-electron chi connectivity index (χ0n) is 14.1. The first-order valence-electron chi connectivity index (χ1n) is 8.30. The molecule has 0 aromatic heterocycles. The quantitative estimate of drug-likeness (QED) is 0.405. The van der Waals surface area contributed by atoms with Crippen LogP contribution in [0.2, 0.25) is 0 Å². The predicted octanol–water partition coefficient (Wildman–Crippen LogP) is 3.28. The number of hydrogen-bond acceptors (Lipinski definition) is 3. The first-order chi connectivity index (χ1) is 11.5. The highest BCUT2D eigenvalue weighted by molar-refractivity contribution is 14.0. The van der Waals surface area contributed by atoms with E-state index < -0.39 is 11.6 Å². The van der Waals surface area contributed by atoms with Gasteiger partial charge in [0, 0.05) is 31.3 Å². The molecular weight excluding hydrogens is 443 g/mol. The van der Waals surface area contributed by atoms with Crippen molar-refractivity contribution in [2.75, 3.05) is 25.1 Å². The van der Waals surface area contributed by atoms with E-state index in [4.69, 9.17) is 15.2 Å². The highest BCUT2D eigenvalue weighted by Gasteiger charge is 2.56. The minimum atomic E-state index is -0.573. The summed E-state index contributed by atoms with van der Waals surface area (Å²) in [6.45, 7) is 4.00. The van der Waals surface area contributed by atoms with Gasteiger partial charge in [-0.3, -0.25) is 0 Å². The molecule has 3 rings (SSSR count). The number of rotatable bonds is 4. The van der Waals surface area contributed by atoms with E-state index in [1.165, 1.54) is 0 Å². The molecule has 2 unspecified atom stereocenters. The second-order valence-corrected chi connectivity index (χ2v) is 6.30. The van der Waals surface area contributed by atoms with Crippen molar-refractivity contribution in [1.29, 1.82) is 0 Å². The SMILES string of the molecule is CCOC1CC(N=C(N)Nc2cc(F)ccc2F)C12CCOCC2.I. The Hall–Kier alpha value is -1.00. The Balaban J connectivity index is 0.00000225. The van der Waals surface area contributed by atoms with Gasteiger partial charge in [0.2, 0.25) is 0 Å². The average Bonchev–Trinajstić information content (AvgIpc) is 2.58. The standard InChI is InChI=1S/C17H23F2N3O2.HI/c1-2-24-15-10-14(17(15)5-7-23-8-6-17)22-16(20)21-13-9-11(18)3-4-12(13)19;/h3-4,9,14-15H,2,5-8,10H2,1H3,(H3,20,21,22);1H. The lowest BCUT2D eigenvalue weighted by atomic mass is 9.58. The number of benzene rings is 1. The van der Waals surface area contributed by atoms with Gasteiger partial charge in [0.05, 0.1) is 17.8 Å². The Labute approximate surface area is 163 Å². The zero-order valence-corrected chi connectivity index (χ0v) is 16.5. The molecule has 0 radical (unpaired) electrons. The summed E-state index contributed by atoms with van der Waals surface area (Å²) in [6, 6.07) is 3.18. The number of ether oxygens (including phenoxy) is 2. The molecule has 1 aliphatic heterocycles. The molecule has 1 spiro atoms. The number of nitrogens with one attached hydrogen (secondary N) is 1. The summed E-state index contributed by atoms with van der Waals surface area (Å²) in [5, 5.41) is 2.66. The second kappa shape index (κ2) is 8.59. The van der Waals surface area contributed by atoms with Gasteiger partial charge in [0.1, 0.15) is 11.6 Å². The molecule has 1 aromatic carbocycles. The minimum absolute atomic E-state index is 0. The van der Waals surface area contributed by atoms with Crippen LogP contribution in [0.15, 0.2) is 23.2 Å². The van der Waals surface area contributed by atoms with Crippen LogP contribution in [-0.4, -0.2) is 37.9 Å². The van der Waals surface area contributed by atoms with Crippen molar-refractivity contribution in [3.8, 4) is 0 Å². The van der Waals surface area contributed by atoms with Crippen molar-refractivity contribution < 1.29 is 18.3 Å². The molecule has 2 atom stereocenters. The largest absolute Gasteiger partial charge is 0.381 e. The third-order valence-electron chi connectivity index (χ3n) is 5.02. The lowest BCUT2D eigenvalue weighted by Crippen LogP contribution is -2.60. The van der Waals surface area contributed by atoms with Gasteiger partial charge in [-0.1, -0.05) is 0 Å². The highest BCUT2D eigenvalue weighted by atomic mass is 127. The predicted molar refractivity (Wildman–Crippen MR) is 103 cm³/mol. The molecule has 25 heavy (non-hydrogen) atoms. The summed E-state index contributed by atoms with van der Waals surface area (Å²) in [7, 11) is 0. The molecule has 1 heterocycles. The maximum atomic E-state index is 13.7. The number of nitrogens with zero attached hydrogens (tertiary/aromatic N) is 1. The third kappa shape index (κ3) is 4.22. The second-order valence-electron chi connectivity index (χ2n) is 6.30. The molecule has 1 saturated heterocycles. The first-order valence-corrected chi connectivity index (χ1v) is 8.30. The van der Waals surface area contributed by atoms with Crippen LogP contribution in [0, 0.1) is 17.0 Å². The number of anilines is 1. The smallest absolute Gasteiger partial charge is 0.193 e. The summed E-state index contributed by atoms with van der Waals surface area (Å²) in [6.07, 6.45) is 2.67. The molecule has 8 heteroatoms. The fraction of sp³-hybridized carbons (Fsp3) is 0.588. The molecule has 2 aliphatic rings. The molecule has 2 fully saturated rings. The third-order valence-corrected chi connectivity index (χ3v) is 5.02. The summed E-state index contributed by atoms with van der Waals surface area (Å²) in [5.41, 5.74) is 5.84. The fourth-order valence-corrected chi connectivity index (χ4v) is 3.68. The Morgan fingerprint density at radius 3 is 2.80 bits per heavy atom. The maximum absolute atomic E-state index is 13.7. The van der Waals surface area contributed by atoms with E-state index in [9.17, 15) is 8.78 Å². The van der Waals surface area contributed by atoms with Crippen LogP contribution in [0.3, 0.4) is 0 Å². The summed E-state index contributed by atoms with van der Waals surface area (Å²) < 4.78 is 38.2. The normalized spacial score (nSPS) is 25.2. The Morgan fingerprint density at radius 1 is 1.40 bits per heavy atom. The van der Waals surface area contributed by atoms with Crippen molar-refractivity contribution in [1.82, 2.24) is 0 Å². The number of hydrogen-bond donors (Lipinski definition) is 2.